The maximum atomic E-state index is 11.5. The number of aliphatic hydroxyl groups is 1. The Morgan fingerprint density at radius 2 is 2.10 bits per heavy atom. The summed E-state index contributed by atoms with van der Waals surface area (Å²) in [6.45, 7) is 2.89. The molecule has 0 aromatic heterocycles. The molecule has 1 aromatic carbocycles. The van der Waals surface area contributed by atoms with Crippen molar-refractivity contribution in [1.29, 1.82) is 0 Å². The minimum absolute atomic E-state index is 0.00735. The third-order valence-corrected chi connectivity index (χ3v) is 4.88. The molecule has 2 atom stereocenters. The summed E-state index contributed by atoms with van der Waals surface area (Å²) in [6.07, 6.45) is 1.15. The average Bonchev–Trinajstić information content (AvgIpc) is 2.40. The minimum atomic E-state index is -3.49. The van der Waals surface area contributed by atoms with Gasteiger partial charge in [-0.05, 0) is 24.5 Å². The first-order chi connectivity index (χ1) is 9.70. The summed E-state index contributed by atoms with van der Waals surface area (Å²) in [7, 11) is -3.49. The van der Waals surface area contributed by atoms with E-state index in [2.05, 4.69) is 0 Å². The summed E-state index contributed by atoms with van der Waals surface area (Å²) in [6, 6.07) is 3.95. The average molecular weight is 314 g/mol. The molecule has 0 amide bonds. The maximum Gasteiger partial charge on any atom is 0.293 e. The van der Waals surface area contributed by atoms with Crippen LogP contribution in [0.3, 0.4) is 0 Å². The van der Waals surface area contributed by atoms with Gasteiger partial charge in [-0.1, -0.05) is 6.92 Å². The quantitative estimate of drug-likeness (QED) is 0.664. The highest BCUT2D eigenvalue weighted by atomic mass is 32.2. The molecule has 0 spiro atoms. The number of aliphatic hydroxyl groups excluding tert-OH is 1. The van der Waals surface area contributed by atoms with E-state index in [0.29, 0.717) is 25.2 Å². The van der Waals surface area contributed by atoms with Gasteiger partial charge in [0.05, 0.1) is 15.9 Å². The smallest absolute Gasteiger partial charge is 0.293 e. The Morgan fingerprint density at radius 3 is 2.62 bits per heavy atom. The lowest BCUT2D eigenvalue weighted by molar-refractivity contribution is -0.384. The SMILES string of the molecule is CC1CN(c2ccc(S(C)(=O)=O)cc2[N+](=O)[O-])CCC1O. The van der Waals surface area contributed by atoms with E-state index >= 15 is 0 Å². The third-order valence-electron chi connectivity index (χ3n) is 3.77. The van der Waals surface area contributed by atoms with Crippen molar-refractivity contribution in [2.45, 2.75) is 24.3 Å². The van der Waals surface area contributed by atoms with Gasteiger partial charge in [0.2, 0.25) is 0 Å². The molecule has 1 aliphatic heterocycles. The number of sulfone groups is 1. The van der Waals surface area contributed by atoms with Crippen LogP contribution in [-0.2, 0) is 9.84 Å². The zero-order valence-corrected chi connectivity index (χ0v) is 12.7. The number of nitro benzene ring substituents is 1. The summed E-state index contributed by atoms with van der Waals surface area (Å²) < 4.78 is 23.0. The Morgan fingerprint density at radius 1 is 1.43 bits per heavy atom. The zero-order valence-electron chi connectivity index (χ0n) is 11.9. The molecular weight excluding hydrogens is 296 g/mol. The van der Waals surface area contributed by atoms with Crippen molar-refractivity contribution in [3.05, 3.63) is 28.3 Å². The van der Waals surface area contributed by atoms with Crippen molar-refractivity contribution in [3.8, 4) is 0 Å². The largest absolute Gasteiger partial charge is 0.393 e. The molecule has 7 nitrogen and oxygen atoms in total. The second-order valence-corrected chi connectivity index (χ2v) is 7.47. The van der Waals surface area contributed by atoms with Crippen molar-refractivity contribution in [2.24, 2.45) is 5.92 Å². The fraction of sp³-hybridized carbons (Fsp3) is 0.538. The molecule has 1 heterocycles. The Kier molecular flexibility index (Phi) is 4.20. The van der Waals surface area contributed by atoms with Gasteiger partial charge < -0.3 is 10.0 Å². The second-order valence-electron chi connectivity index (χ2n) is 5.46. The van der Waals surface area contributed by atoms with Gasteiger partial charge in [0, 0.05) is 25.4 Å². The van der Waals surface area contributed by atoms with Crippen LogP contribution < -0.4 is 4.90 Å². The van der Waals surface area contributed by atoms with Gasteiger partial charge in [0.25, 0.3) is 5.69 Å². The maximum absolute atomic E-state index is 11.5. The first-order valence-corrected chi connectivity index (χ1v) is 8.51. The highest BCUT2D eigenvalue weighted by Gasteiger charge is 2.29. The molecule has 0 radical (unpaired) electrons. The van der Waals surface area contributed by atoms with Crippen LogP contribution in [0.2, 0.25) is 0 Å². The van der Waals surface area contributed by atoms with Gasteiger partial charge >= 0.3 is 0 Å². The number of nitrogens with zero attached hydrogens (tertiary/aromatic N) is 2. The summed E-state index contributed by atoms with van der Waals surface area (Å²) in [5, 5.41) is 21.0. The number of piperidine rings is 1. The normalized spacial score (nSPS) is 23.1. The molecule has 2 unspecified atom stereocenters. The van der Waals surface area contributed by atoms with Crippen LogP contribution in [-0.4, -0.2) is 43.9 Å². The summed E-state index contributed by atoms with van der Waals surface area (Å²) in [4.78, 5) is 12.4. The van der Waals surface area contributed by atoms with E-state index in [9.17, 15) is 23.6 Å². The molecule has 1 aromatic rings. The number of rotatable bonds is 3. The minimum Gasteiger partial charge on any atom is -0.393 e. The predicted molar refractivity (Wildman–Crippen MR) is 78.2 cm³/mol. The van der Waals surface area contributed by atoms with Crippen LogP contribution in [0.4, 0.5) is 11.4 Å². The van der Waals surface area contributed by atoms with Crippen LogP contribution in [0.5, 0.6) is 0 Å². The second kappa shape index (κ2) is 5.61. The molecule has 0 bridgehead atoms. The lowest BCUT2D eigenvalue weighted by Crippen LogP contribution is -2.42. The zero-order chi connectivity index (χ0) is 15.8. The molecule has 8 heteroatoms. The standard InChI is InChI=1S/C13H18N2O5S/c1-9-8-14(6-5-13(9)16)11-4-3-10(21(2,19)20)7-12(11)15(17)18/h3-4,7,9,13,16H,5-6,8H2,1-2H3. The van der Waals surface area contributed by atoms with Gasteiger partial charge in [-0.15, -0.1) is 0 Å². The third kappa shape index (κ3) is 3.33. The number of nitro groups is 1. The van der Waals surface area contributed by atoms with E-state index in [4.69, 9.17) is 0 Å². The van der Waals surface area contributed by atoms with Crippen LogP contribution in [0.25, 0.3) is 0 Å². The molecule has 1 N–H and O–H groups in total. The van der Waals surface area contributed by atoms with E-state index in [1.54, 1.807) is 0 Å². The van der Waals surface area contributed by atoms with E-state index in [0.717, 1.165) is 12.3 Å². The van der Waals surface area contributed by atoms with Crippen LogP contribution in [0.15, 0.2) is 23.1 Å². The lowest BCUT2D eigenvalue weighted by Gasteiger charge is -2.35. The molecule has 21 heavy (non-hydrogen) atoms. The van der Waals surface area contributed by atoms with E-state index < -0.39 is 20.9 Å². The number of benzene rings is 1. The highest BCUT2D eigenvalue weighted by molar-refractivity contribution is 7.90. The van der Waals surface area contributed by atoms with E-state index in [1.165, 1.54) is 12.1 Å². The van der Waals surface area contributed by atoms with Gasteiger partial charge in [0.15, 0.2) is 9.84 Å². The van der Waals surface area contributed by atoms with Crippen molar-refractivity contribution in [3.63, 3.8) is 0 Å². The fourth-order valence-electron chi connectivity index (χ4n) is 2.50. The van der Waals surface area contributed by atoms with Gasteiger partial charge in [-0.3, -0.25) is 10.1 Å². The van der Waals surface area contributed by atoms with Crippen LogP contribution in [0, 0.1) is 16.0 Å². The number of hydrogen-bond acceptors (Lipinski definition) is 6. The molecule has 1 aliphatic rings. The molecule has 0 aliphatic carbocycles. The van der Waals surface area contributed by atoms with Crippen molar-refractivity contribution < 1.29 is 18.4 Å². The molecule has 0 saturated carbocycles. The highest BCUT2D eigenvalue weighted by Crippen LogP contribution is 2.33. The summed E-state index contributed by atoms with van der Waals surface area (Å²) >= 11 is 0. The first-order valence-electron chi connectivity index (χ1n) is 6.61. The molecular formula is C13H18N2O5S. The molecule has 2 rings (SSSR count). The lowest BCUT2D eigenvalue weighted by atomic mass is 9.96. The Balaban J connectivity index is 2.42. The first kappa shape index (κ1) is 15.7. The Bertz CT molecular complexity index is 659. The molecule has 1 fully saturated rings. The van der Waals surface area contributed by atoms with Crippen LogP contribution in [0.1, 0.15) is 13.3 Å². The van der Waals surface area contributed by atoms with E-state index in [-0.39, 0.29) is 16.5 Å². The number of hydrogen-bond donors (Lipinski definition) is 1. The monoisotopic (exact) mass is 314 g/mol. The summed E-state index contributed by atoms with van der Waals surface area (Å²) in [5.41, 5.74) is 0.174. The van der Waals surface area contributed by atoms with Gasteiger partial charge in [-0.25, -0.2) is 8.42 Å². The fourth-order valence-corrected chi connectivity index (χ4v) is 3.14. The van der Waals surface area contributed by atoms with Crippen molar-refractivity contribution in [1.82, 2.24) is 0 Å². The van der Waals surface area contributed by atoms with Crippen molar-refractivity contribution >= 4 is 21.2 Å². The van der Waals surface area contributed by atoms with E-state index in [1.807, 2.05) is 11.8 Å². The van der Waals surface area contributed by atoms with Crippen molar-refractivity contribution in [2.75, 3.05) is 24.2 Å². The Labute approximate surface area is 123 Å². The number of anilines is 1. The summed E-state index contributed by atoms with van der Waals surface area (Å²) in [5.74, 6) is 0.00735. The van der Waals surface area contributed by atoms with Gasteiger partial charge in [0.1, 0.15) is 5.69 Å². The molecule has 1 saturated heterocycles. The van der Waals surface area contributed by atoms with Crippen LogP contribution >= 0.6 is 0 Å². The predicted octanol–water partition coefficient (Wildman–Crippen LogP) is 1.21. The van der Waals surface area contributed by atoms with Gasteiger partial charge in [-0.2, -0.15) is 0 Å². The topological polar surface area (TPSA) is 101 Å². The Hall–Kier alpha value is -1.67. The molecule has 116 valence electrons.